The molecule has 1 aromatic heterocycles. The molecule has 1 N–H and O–H groups in total. The van der Waals surface area contributed by atoms with Crippen molar-refractivity contribution in [3.63, 3.8) is 0 Å². The minimum atomic E-state index is 0.744. The molecule has 19 heavy (non-hydrogen) atoms. The van der Waals surface area contributed by atoms with Gasteiger partial charge in [-0.25, -0.2) is 0 Å². The quantitative estimate of drug-likeness (QED) is 0.642. The second-order valence-corrected chi connectivity index (χ2v) is 4.84. The molecule has 3 rings (SSSR count). The molecule has 0 amide bonds. The fraction of sp³-hybridized carbons (Fsp3) is 0.0625. The van der Waals surface area contributed by atoms with Crippen molar-refractivity contribution < 1.29 is 0 Å². The summed E-state index contributed by atoms with van der Waals surface area (Å²) in [4.78, 5) is 7.76. The van der Waals surface area contributed by atoms with Crippen molar-refractivity contribution in [2.75, 3.05) is 0 Å². The Morgan fingerprint density at radius 2 is 1.95 bits per heavy atom. The normalized spacial score (nSPS) is 11.5. The van der Waals surface area contributed by atoms with Gasteiger partial charge in [0.15, 0.2) is 0 Å². The van der Waals surface area contributed by atoms with Crippen LogP contribution in [0.3, 0.4) is 0 Å². The number of H-pyrrole nitrogens is 1. The molecule has 3 aromatic rings. The van der Waals surface area contributed by atoms with Crippen LogP contribution in [0.5, 0.6) is 0 Å². The third kappa shape index (κ3) is 2.27. The summed E-state index contributed by atoms with van der Waals surface area (Å²) in [7, 11) is 0. The van der Waals surface area contributed by atoms with Crippen LogP contribution in [0.15, 0.2) is 53.7 Å². The van der Waals surface area contributed by atoms with Gasteiger partial charge in [-0.2, -0.15) is 0 Å². The highest BCUT2D eigenvalue weighted by molar-refractivity contribution is 6.31. The maximum absolute atomic E-state index is 6.09. The van der Waals surface area contributed by atoms with Gasteiger partial charge in [-0.3, -0.25) is 4.99 Å². The molecule has 0 fully saturated rings. The summed E-state index contributed by atoms with van der Waals surface area (Å²) >= 11 is 6.09. The average molecular weight is 269 g/mol. The molecular weight excluding hydrogens is 256 g/mol. The molecule has 0 saturated heterocycles. The highest BCUT2D eigenvalue weighted by Gasteiger charge is 2.02. The number of aliphatic imine (C=N–C) groups is 1. The Morgan fingerprint density at radius 3 is 2.84 bits per heavy atom. The zero-order valence-electron chi connectivity index (χ0n) is 10.5. The number of halogens is 1. The second-order valence-electron chi connectivity index (χ2n) is 4.43. The predicted octanol–water partition coefficient (Wildman–Crippen LogP) is 4.88. The van der Waals surface area contributed by atoms with E-state index in [-0.39, 0.29) is 0 Å². The Morgan fingerprint density at radius 1 is 1.11 bits per heavy atom. The van der Waals surface area contributed by atoms with E-state index in [4.69, 9.17) is 11.6 Å². The lowest BCUT2D eigenvalue weighted by atomic mass is 10.2. The van der Waals surface area contributed by atoms with E-state index < -0.39 is 0 Å². The maximum Gasteiger partial charge on any atom is 0.0673 e. The molecule has 0 atom stereocenters. The summed E-state index contributed by atoms with van der Waals surface area (Å²) in [5.74, 6) is 0. The third-order valence-corrected chi connectivity index (χ3v) is 3.61. The molecule has 94 valence electrons. The predicted molar refractivity (Wildman–Crippen MR) is 81.7 cm³/mol. The van der Waals surface area contributed by atoms with Crippen molar-refractivity contribution in [2.45, 2.75) is 6.92 Å². The summed E-state index contributed by atoms with van der Waals surface area (Å²) < 4.78 is 0. The molecular formula is C16H13ClN2. The first kappa shape index (κ1) is 12.0. The molecule has 0 radical (unpaired) electrons. The van der Waals surface area contributed by atoms with Crippen molar-refractivity contribution in [1.82, 2.24) is 4.98 Å². The lowest BCUT2D eigenvalue weighted by Crippen LogP contribution is -1.80. The third-order valence-electron chi connectivity index (χ3n) is 3.20. The lowest BCUT2D eigenvalue weighted by Gasteiger charge is -2.01. The van der Waals surface area contributed by atoms with Crippen molar-refractivity contribution in [3.8, 4) is 0 Å². The summed E-state index contributed by atoms with van der Waals surface area (Å²) in [5.41, 5.74) is 4.10. The molecule has 0 bridgehead atoms. The van der Waals surface area contributed by atoms with Crippen molar-refractivity contribution in [2.24, 2.45) is 4.99 Å². The Labute approximate surface area is 116 Å². The van der Waals surface area contributed by atoms with Crippen molar-refractivity contribution in [3.05, 3.63) is 64.8 Å². The van der Waals surface area contributed by atoms with Gasteiger partial charge in [0.05, 0.1) is 5.69 Å². The lowest BCUT2D eigenvalue weighted by molar-refractivity contribution is 1.40. The van der Waals surface area contributed by atoms with Crippen LogP contribution in [-0.2, 0) is 0 Å². The van der Waals surface area contributed by atoms with E-state index in [1.807, 2.05) is 49.7 Å². The van der Waals surface area contributed by atoms with Gasteiger partial charge >= 0.3 is 0 Å². The number of nitrogens with one attached hydrogen (secondary N) is 1. The first-order valence-corrected chi connectivity index (χ1v) is 6.49. The minimum Gasteiger partial charge on any atom is -0.361 e. The van der Waals surface area contributed by atoms with E-state index in [0.29, 0.717) is 0 Å². The molecule has 0 saturated carbocycles. The fourth-order valence-corrected chi connectivity index (χ4v) is 2.25. The maximum atomic E-state index is 6.09. The molecule has 0 aliphatic carbocycles. The second kappa shape index (κ2) is 4.90. The molecule has 2 nitrogen and oxygen atoms in total. The number of hydrogen-bond acceptors (Lipinski definition) is 1. The van der Waals surface area contributed by atoms with Crippen LogP contribution >= 0.6 is 11.6 Å². The van der Waals surface area contributed by atoms with E-state index in [1.54, 1.807) is 0 Å². The minimum absolute atomic E-state index is 0.744. The average Bonchev–Trinajstić information content (AvgIpc) is 2.84. The largest absolute Gasteiger partial charge is 0.361 e. The van der Waals surface area contributed by atoms with E-state index in [1.165, 1.54) is 5.39 Å². The van der Waals surface area contributed by atoms with E-state index >= 15 is 0 Å². The molecule has 1 heterocycles. The number of nitrogens with zero attached hydrogens (tertiary/aromatic N) is 1. The number of benzene rings is 2. The summed E-state index contributed by atoms with van der Waals surface area (Å²) in [6.45, 7) is 1.98. The highest BCUT2D eigenvalue weighted by Crippen LogP contribution is 2.25. The van der Waals surface area contributed by atoms with E-state index in [2.05, 4.69) is 22.1 Å². The molecule has 0 spiro atoms. The van der Waals surface area contributed by atoms with Crippen molar-refractivity contribution in [1.29, 1.82) is 0 Å². The highest BCUT2D eigenvalue weighted by atomic mass is 35.5. The summed E-state index contributed by atoms with van der Waals surface area (Å²) in [5, 5.41) is 1.92. The van der Waals surface area contributed by atoms with Gasteiger partial charge in [-0.1, -0.05) is 35.9 Å². The van der Waals surface area contributed by atoms with Gasteiger partial charge in [0.1, 0.15) is 0 Å². The Balaban J connectivity index is 2.01. The Hall–Kier alpha value is -2.06. The van der Waals surface area contributed by atoms with E-state index in [9.17, 15) is 0 Å². The van der Waals surface area contributed by atoms with Gasteiger partial charge in [0, 0.05) is 33.9 Å². The van der Waals surface area contributed by atoms with Crippen LogP contribution in [0.1, 0.15) is 11.1 Å². The van der Waals surface area contributed by atoms with Crippen LogP contribution in [0.25, 0.3) is 10.9 Å². The monoisotopic (exact) mass is 268 g/mol. The van der Waals surface area contributed by atoms with Crippen molar-refractivity contribution >= 4 is 34.4 Å². The SMILES string of the molecule is Cc1c(Cl)cccc1N=Cc1c[nH]c2ccccc12. The number of hydrogen-bond donors (Lipinski definition) is 1. The van der Waals surface area contributed by atoms with Gasteiger partial charge < -0.3 is 4.98 Å². The summed E-state index contributed by atoms with van der Waals surface area (Å²) in [6.07, 6.45) is 3.84. The Bertz CT molecular complexity index is 756. The zero-order chi connectivity index (χ0) is 13.2. The topological polar surface area (TPSA) is 28.1 Å². The van der Waals surface area contributed by atoms with Crippen LogP contribution in [0, 0.1) is 6.92 Å². The number of fused-ring (bicyclic) bond motifs is 1. The molecule has 3 heteroatoms. The Kier molecular flexibility index (Phi) is 3.10. The molecule has 0 aliphatic heterocycles. The van der Waals surface area contributed by atoms with Gasteiger partial charge in [-0.15, -0.1) is 0 Å². The standard InChI is InChI=1S/C16H13ClN2/c1-11-14(17)6-4-8-15(11)18-9-12-10-19-16-7-3-2-5-13(12)16/h2-10,19H,1H3. The van der Waals surface area contributed by atoms with Gasteiger partial charge in [0.2, 0.25) is 0 Å². The van der Waals surface area contributed by atoms with Crippen LogP contribution in [-0.4, -0.2) is 11.2 Å². The van der Waals surface area contributed by atoms with Gasteiger partial charge in [0.25, 0.3) is 0 Å². The van der Waals surface area contributed by atoms with Crippen LogP contribution in [0.2, 0.25) is 5.02 Å². The number of aromatic nitrogens is 1. The summed E-state index contributed by atoms with van der Waals surface area (Å²) in [6, 6.07) is 13.9. The van der Waals surface area contributed by atoms with Gasteiger partial charge in [-0.05, 0) is 30.7 Å². The van der Waals surface area contributed by atoms with Crippen LogP contribution < -0.4 is 0 Å². The number of rotatable bonds is 2. The smallest absolute Gasteiger partial charge is 0.0673 e. The first-order chi connectivity index (χ1) is 9.25. The van der Waals surface area contributed by atoms with E-state index in [0.717, 1.165) is 27.4 Å². The van der Waals surface area contributed by atoms with Crippen LogP contribution in [0.4, 0.5) is 5.69 Å². The molecule has 0 unspecified atom stereocenters. The first-order valence-electron chi connectivity index (χ1n) is 6.11. The molecule has 0 aliphatic rings. The number of para-hydroxylation sites is 1. The number of aromatic amines is 1. The molecule has 2 aromatic carbocycles. The zero-order valence-corrected chi connectivity index (χ0v) is 11.3. The fourth-order valence-electron chi connectivity index (χ4n) is 2.08.